The van der Waals surface area contributed by atoms with E-state index >= 15 is 0 Å². The topological polar surface area (TPSA) is 75.4 Å². The predicted molar refractivity (Wildman–Crippen MR) is 86.7 cm³/mol. The number of carboxylic acid groups (broad SMARTS) is 1. The molecule has 0 unspecified atom stereocenters. The van der Waals surface area contributed by atoms with Gasteiger partial charge >= 0.3 is 5.97 Å². The number of hydrogen-bond acceptors (Lipinski definition) is 3. The third-order valence-corrected chi connectivity index (χ3v) is 3.60. The number of aryl methyl sites for hydroxylation is 1. The number of rotatable bonds is 6. The van der Waals surface area contributed by atoms with Gasteiger partial charge in [-0.2, -0.15) is 5.10 Å². The summed E-state index contributed by atoms with van der Waals surface area (Å²) in [5.41, 5.74) is 1.99. The van der Waals surface area contributed by atoms with Gasteiger partial charge in [-0.15, -0.1) is 0 Å². The van der Waals surface area contributed by atoms with Gasteiger partial charge in [-0.3, -0.25) is 9.59 Å². The zero-order chi connectivity index (χ0) is 17.0. The van der Waals surface area contributed by atoms with Crippen LogP contribution in [0.1, 0.15) is 36.3 Å². The van der Waals surface area contributed by atoms with Crippen LogP contribution in [-0.4, -0.2) is 44.3 Å². The van der Waals surface area contributed by atoms with Gasteiger partial charge < -0.3 is 10.0 Å². The molecule has 2 rings (SSSR count). The Hall–Kier alpha value is -2.63. The van der Waals surface area contributed by atoms with E-state index in [-0.39, 0.29) is 24.9 Å². The lowest BCUT2D eigenvalue weighted by atomic mass is 10.2. The standard InChI is InChI=1S/C17H21N3O3/c1-12(2)19(10-9-16(21)22)17(23)15-11-20(18-13(15)3)14-7-5-4-6-8-14/h4-8,11-12H,9-10H2,1-3H3,(H,21,22). The summed E-state index contributed by atoms with van der Waals surface area (Å²) < 4.78 is 1.66. The van der Waals surface area contributed by atoms with Crippen molar-refractivity contribution in [3.05, 3.63) is 47.8 Å². The zero-order valence-electron chi connectivity index (χ0n) is 13.6. The highest BCUT2D eigenvalue weighted by molar-refractivity contribution is 5.95. The second-order valence-corrected chi connectivity index (χ2v) is 5.64. The molecule has 0 aliphatic carbocycles. The third-order valence-electron chi connectivity index (χ3n) is 3.60. The molecule has 1 aromatic heterocycles. The molecular formula is C17H21N3O3. The van der Waals surface area contributed by atoms with Crippen molar-refractivity contribution in [1.29, 1.82) is 0 Å². The minimum atomic E-state index is -0.917. The second-order valence-electron chi connectivity index (χ2n) is 5.64. The van der Waals surface area contributed by atoms with E-state index in [1.54, 1.807) is 22.7 Å². The molecule has 6 heteroatoms. The van der Waals surface area contributed by atoms with Crippen LogP contribution < -0.4 is 0 Å². The molecule has 2 aromatic rings. The molecule has 1 N–H and O–H groups in total. The molecule has 0 fully saturated rings. The van der Waals surface area contributed by atoms with Crippen molar-refractivity contribution in [1.82, 2.24) is 14.7 Å². The van der Waals surface area contributed by atoms with E-state index in [9.17, 15) is 9.59 Å². The Labute approximate surface area is 135 Å². The van der Waals surface area contributed by atoms with Crippen molar-refractivity contribution < 1.29 is 14.7 Å². The van der Waals surface area contributed by atoms with E-state index in [0.29, 0.717) is 11.3 Å². The van der Waals surface area contributed by atoms with Gasteiger partial charge in [0.05, 0.1) is 23.4 Å². The van der Waals surface area contributed by atoms with Gasteiger partial charge in [0.25, 0.3) is 5.91 Å². The van der Waals surface area contributed by atoms with Crippen molar-refractivity contribution in [3.8, 4) is 5.69 Å². The molecule has 1 amide bonds. The Balaban J connectivity index is 2.27. The van der Waals surface area contributed by atoms with E-state index in [1.807, 2.05) is 44.2 Å². The summed E-state index contributed by atoms with van der Waals surface area (Å²) in [6.07, 6.45) is 1.62. The van der Waals surface area contributed by atoms with Crippen LogP contribution in [0.15, 0.2) is 36.5 Å². The van der Waals surface area contributed by atoms with E-state index in [0.717, 1.165) is 5.69 Å². The number of carboxylic acids is 1. The quantitative estimate of drug-likeness (QED) is 0.888. The normalized spacial score (nSPS) is 10.8. The molecule has 1 aromatic carbocycles. The van der Waals surface area contributed by atoms with Gasteiger partial charge in [-0.25, -0.2) is 4.68 Å². The molecule has 0 radical (unpaired) electrons. The summed E-state index contributed by atoms with van der Waals surface area (Å²) >= 11 is 0. The number of benzene rings is 1. The van der Waals surface area contributed by atoms with Gasteiger partial charge in [0.1, 0.15) is 0 Å². The molecule has 0 spiro atoms. The van der Waals surface area contributed by atoms with Gasteiger partial charge in [0, 0.05) is 18.8 Å². The maximum absolute atomic E-state index is 12.7. The average Bonchev–Trinajstić information content (AvgIpc) is 2.89. The Kier molecular flexibility index (Phi) is 5.16. The number of aliphatic carboxylic acids is 1. The Morgan fingerprint density at radius 1 is 1.26 bits per heavy atom. The number of hydrogen-bond donors (Lipinski definition) is 1. The van der Waals surface area contributed by atoms with E-state index in [4.69, 9.17) is 5.11 Å². The van der Waals surface area contributed by atoms with E-state index in [2.05, 4.69) is 5.10 Å². The fraction of sp³-hybridized carbons (Fsp3) is 0.353. The van der Waals surface area contributed by atoms with Crippen molar-refractivity contribution in [2.75, 3.05) is 6.54 Å². The fourth-order valence-electron chi connectivity index (χ4n) is 2.35. The van der Waals surface area contributed by atoms with Crippen LogP contribution >= 0.6 is 0 Å². The molecule has 0 aliphatic heterocycles. The minimum absolute atomic E-state index is 0.0736. The summed E-state index contributed by atoms with van der Waals surface area (Å²) in [4.78, 5) is 25.1. The molecule has 0 atom stereocenters. The molecule has 0 saturated carbocycles. The highest BCUT2D eigenvalue weighted by atomic mass is 16.4. The van der Waals surface area contributed by atoms with Gasteiger partial charge in [-0.05, 0) is 32.9 Å². The van der Waals surface area contributed by atoms with Crippen molar-refractivity contribution in [2.45, 2.75) is 33.2 Å². The first kappa shape index (κ1) is 16.7. The molecule has 1 heterocycles. The summed E-state index contributed by atoms with van der Waals surface area (Å²) in [5.74, 6) is -1.11. The fourth-order valence-corrected chi connectivity index (χ4v) is 2.35. The Morgan fingerprint density at radius 2 is 1.91 bits per heavy atom. The monoisotopic (exact) mass is 315 g/mol. The number of carbonyl (C=O) groups excluding carboxylic acids is 1. The lowest BCUT2D eigenvalue weighted by Crippen LogP contribution is -2.38. The van der Waals surface area contributed by atoms with E-state index < -0.39 is 5.97 Å². The van der Waals surface area contributed by atoms with Crippen molar-refractivity contribution >= 4 is 11.9 Å². The van der Waals surface area contributed by atoms with Crippen LogP contribution in [0.3, 0.4) is 0 Å². The lowest BCUT2D eigenvalue weighted by Gasteiger charge is -2.25. The smallest absolute Gasteiger partial charge is 0.305 e. The van der Waals surface area contributed by atoms with Crippen LogP contribution in [0.4, 0.5) is 0 Å². The molecule has 122 valence electrons. The first-order valence-electron chi connectivity index (χ1n) is 7.54. The van der Waals surface area contributed by atoms with Crippen LogP contribution in [-0.2, 0) is 4.79 Å². The Bertz CT molecular complexity index is 692. The van der Waals surface area contributed by atoms with Gasteiger partial charge in [0.15, 0.2) is 0 Å². The number of carbonyl (C=O) groups is 2. The first-order chi connectivity index (χ1) is 10.9. The minimum Gasteiger partial charge on any atom is -0.481 e. The lowest BCUT2D eigenvalue weighted by molar-refractivity contribution is -0.137. The predicted octanol–water partition coefficient (Wildman–Crippen LogP) is 2.51. The highest BCUT2D eigenvalue weighted by Crippen LogP contribution is 2.15. The SMILES string of the molecule is Cc1nn(-c2ccccc2)cc1C(=O)N(CCC(=O)O)C(C)C. The summed E-state index contributed by atoms with van der Waals surface area (Å²) in [6, 6.07) is 9.46. The largest absolute Gasteiger partial charge is 0.481 e. The molecule has 0 saturated heterocycles. The van der Waals surface area contributed by atoms with Crippen LogP contribution in [0, 0.1) is 6.92 Å². The Morgan fingerprint density at radius 3 is 2.48 bits per heavy atom. The van der Waals surface area contributed by atoms with Gasteiger partial charge in [-0.1, -0.05) is 18.2 Å². The molecule has 0 aliphatic rings. The van der Waals surface area contributed by atoms with Crippen LogP contribution in [0.25, 0.3) is 5.69 Å². The number of aromatic nitrogens is 2. The third kappa shape index (κ3) is 3.97. The van der Waals surface area contributed by atoms with Crippen molar-refractivity contribution in [3.63, 3.8) is 0 Å². The number of amides is 1. The molecule has 6 nitrogen and oxygen atoms in total. The number of nitrogens with zero attached hydrogens (tertiary/aromatic N) is 3. The maximum atomic E-state index is 12.7. The number of para-hydroxylation sites is 1. The van der Waals surface area contributed by atoms with Gasteiger partial charge in [0.2, 0.25) is 0 Å². The van der Waals surface area contributed by atoms with E-state index in [1.165, 1.54) is 0 Å². The highest BCUT2D eigenvalue weighted by Gasteiger charge is 2.23. The molecule has 0 bridgehead atoms. The second kappa shape index (κ2) is 7.09. The van der Waals surface area contributed by atoms with Crippen LogP contribution in [0.2, 0.25) is 0 Å². The first-order valence-corrected chi connectivity index (χ1v) is 7.54. The van der Waals surface area contributed by atoms with Crippen LogP contribution in [0.5, 0.6) is 0 Å². The summed E-state index contributed by atoms with van der Waals surface area (Å²) in [6.45, 7) is 5.71. The molecular weight excluding hydrogens is 294 g/mol. The summed E-state index contributed by atoms with van der Waals surface area (Å²) in [7, 11) is 0. The summed E-state index contributed by atoms with van der Waals surface area (Å²) in [5, 5.41) is 13.2. The van der Waals surface area contributed by atoms with Crippen molar-refractivity contribution in [2.24, 2.45) is 0 Å². The molecule has 23 heavy (non-hydrogen) atoms. The zero-order valence-corrected chi connectivity index (χ0v) is 13.6. The maximum Gasteiger partial charge on any atom is 0.305 e. The average molecular weight is 315 g/mol.